The van der Waals surface area contributed by atoms with Gasteiger partial charge in [-0.1, -0.05) is 30.3 Å². The van der Waals surface area contributed by atoms with E-state index in [1.165, 1.54) is 0 Å². The Bertz CT molecular complexity index is 503. The number of hydrogen-bond acceptors (Lipinski definition) is 3. The van der Waals surface area contributed by atoms with Crippen LogP contribution in [0, 0.1) is 11.8 Å². The van der Waals surface area contributed by atoms with E-state index in [4.69, 9.17) is 4.74 Å². The molecule has 1 N–H and O–H groups in total. The zero-order valence-electron chi connectivity index (χ0n) is 10.6. The van der Waals surface area contributed by atoms with Crippen molar-refractivity contribution in [3.05, 3.63) is 35.9 Å². The maximum Gasteiger partial charge on any atom is 0.231 e. The van der Waals surface area contributed by atoms with Crippen molar-refractivity contribution < 1.29 is 14.6 Å². The highest BCUT2D eigenvalue weighted by Crippen LogP contribution is 2.50. The third-order valence-electron chi connectivity index (χ3n) is 4.76. The third kappa shape index (κ3) is 1.56. The van der Waals surface area contributed by atoms with Gasteiger partial charge in [-0.25, -0.2) is 0 Å². The van der Waals surface area contributed by atoms with Crippen LogP contribution < -0.4 is 0 Å². The van der Waals surface area contributed by atoms with E-state index in [1.54, 1.807) is 4.90 Å². The van der Waals surface area contributed by atoms with Crippen LogP contribution in [0.15, 0.2) is 30.3 Å². The molecular weight excluding hydrogens is 242 g/mol. The minimum absolute atomic E-state index is 0.0186. The van der Waals surface area contributed by atoms with Gasteiger partial charge in [0, 0.05) is 12.5 Å². The number of aliphatic hydroxyl groups is 1. The van der Waals surface area contributed by atoms with Crippen molar-refractivity contribution in [2.45, 2.75) is 37.8 Å². The Morgan fingerprint density at radius 1 is 1.21 bits per heavy atom. The molecule has 0 saturated carbocycles. The predicted molar refractivity (Wildman–Crippen MR) is 67.9 cm³/mol. The summed E-state index contributed by atoms with van der Waals surface area (Å²) < 4.78 is 5.77. The standard InChI is InChI=1S/C15H17NO3/c17-14-12-10-6-7-11(19-10)13(12)15(18)16(14)8-9-4-2-1-3-5-9/h1-5,10-14,17H,6-8H2/t10-,11+,12-,13+,14?/m1/s1. The molecule has 100 valence electrons. The lowest BCUT2D eigenvalue weighted by Gasteiger charge is -2.25. The smallest absolute Gasteiger partial charge is 0.231 e. The number of ether oxygens (including phenoxy) is 1. The summed E-state index contributed by atoms with van der Waals surface area (Å²) in [5.41, 5.74) is 1.06. The highest BCUT2D eigenvalue weighted by atomic mass is 16.5. The van der Waals surface area contributed by atoms with Gasteiger partial charge >= 0.3 is 0 Å². The minimum atomic E-state index is -0.687. The molecule has 1 aromatic carbocycles. The van der Waals surface area contributed by atoms with Crippen LogP contribution >= 0.6 is 0 Å². The van der Waals surface area contributed by atoms with Crippen molar-refractivity contribution in [2.75, 3.05) is 0 Å². The summed E-state index contributed by atoms with van der Waals surface area (Å²) in [4.78, 5) is 14.1. The van der Waals surface area contributed by atoms with Crippen molar-refractivity contribution in [1.82, 2.24) is 4.90 Å². The number of rotatable bonds is 2. The second-order valence-electron chi connectivity index (χ2n) is 5.76. The van der Waals surface area contributed by atoms with Gasteiger partial charge in [-0.05, 0) is 18.4 Å². The molecule has 19 heavy (non-hydrogen) atoms. The molecule has 0 spiro atoms. The molecule has 3 saturated heterocycles. The first-order valence-electron chi connectivity index (χ1n) is 6.93. The minimum Gasteiger partial charge on any atom is -0.374 e. The lowest BCUT2D eigenvalue weighted by molar-refractivity contribution is -0.139. The Morgan fingerprint density at radius 2 is 1.95 bits per heavy atom. The number of hydrogen-bond donors (Lipinski definition) is 1. The number of likely N-dealkylation sites (tertiary alicyclic amines) is 1. The number of carbonyl (C=O) groups excluding carboxylic acids is 1. The van der Waals surface area contributed by atoms with Crippen LogP contribution in [0.2, 0.25) is 0 Å². The van der Waals surface area contributed by atoms with Gasteiger partial charge in [0.25, 0.3) is 0 Å². The first-order valence-corrected chi connectivity index (χ1v) is 6.93. The zero-order chi connectivity index (χ0) is 13.0. The maximum atomic E-state index is 12.5. The van der Waals surface area contributed by atoms with Crippen molar-refractivity contribution in [3.63, 3.8) is 0 Å². The van der Waals surface area contributed by atoms with E-state index in [0.29, 0.717) is 6.54 Å². The summed E-state index contributed by atoms with van der Waals surface area (Å²) in [6.07, 6.45) is 1.37. The largest absolute Gasteiger partial charge is 0.374 e. The number of benzene rings is 1. The molecule has 2 bridgehead atoms. The molecule has 4 nitrogen and oxygen atoms in total. The van der Waals surface area contributed by atoms with Crippen molar-refractivity contribution in [3.8, 4) is 0 Å². The molecule has 5 atom stereocenters. The average molecular weight is 259 g/mol. The number of aliphatic hydroxyl groups excluding tert-OH is 1. The molecule has 0 aliphatic carbocycles. The maximum absolute atomic E-state index is 12.5. The highest BCUT2D eigenvalue weighted by molar-refractivity contribution is 5.83. The van der Waals surface area contributed by atoms with Gasteiger partial charge < -0.3 is 14.7 Å². The Morgan fingerprint density at radius 3 is 2.68 bits per heavy atom. The first-order chi connectivity index (χ1) is 9.25. The number of amides is 1. The second-order valence-corrected chi connectivity index (χ2v) is 5.76. The van der Waals surface area contributed by atoms with Gasteiger partial charge in [-0.3, -0.25) is 4.79 Å². The van der Waals surface area contributed by atoms with E-state index in [0.717, 1.165) is 18.4 Å². The molecule has 3 fully saturated rings. The quantitative estimate of drug-likeness (QED) is 0.866. The van der Waals surface area contributed by atoms with Crippen molar-refractivity contribution >= 4 is 5.91 Å². The Hall–Kier alpha value is -1.39. The Labute approximate surface area is 112 Å². The summed E-state index contributed by atoms with van der Waals surface area (Å²) in [5, 5.41) is 10.4. The van der Waals surface area contributed by atoms with Crippen LogP contribution in [0.3, 0.4) is 0 Å². The topological polar surface area (TPSA) is 49.8 Å². The van der Waals surface area contributed by atoms with Gasteiger partial charge in [0.15, 0.2) is 0 Å². The molecular formula is C15H17NO3. The lowest BCUT2D eigenvalue weighted by Crippen LogP contribution is -2.37. The summed E-state index contributed by atoms with van der Waals surface area (Å²) in [6.45, 7) is 0.493. The first kappa shape index (κ1) is 11.4. The Kier molecular flexibility index (Phi) is 2.44. The molecule has 1 amide bonds. The van der Waals surface area contributed by atoms with E-state index in [-0.39, 0.29) is 30.0 Å². The molecule has 1 aromatic rings. The van der Waals surface area contributed by atoms with Gasteiger partial charge in [0.2, 0.25) is 5.91 Å². The highest BCUT2D eigenvalue weighted by Gasteiger charge is 2.61. The van der Waals surface area contributed by atoms with E-state index >= 15 is 0 Å². The zero-order valence-corrected chi connectivity index (χ0v) is 10.6. The third-order valence-corrected chi connectivity index (χ3v) is 4.76. The normalized spacial score (nSPS) is 39.9. The van der Waals surface area contributed by atoms with E-state index in [1.807, 2.05) is 30.3 Å². The van der Waals surface area contributed by atoms with Gasteiger partial charge in [0.1, 0.15) is 6.23 Å². The molecule has 0 aromatic heterocycles. The van der Waals surface area contributed by atoms with Crippen LogP contribution in [0.5, 0.6) is 0 Å². The van der Waals surface area contributed by atoms with Crippen LogP contribution in [0.1, 0.15) is 18.4 Å². The molecule has 1 unspecified atom stereocenters. The molecule has 3 aliphatic rings. The molecule has 4 rings (SSSR count). The average Bonchev–Trinajstić information content (AvgIpc) is 3.10. The number of carbonyl (C=O) groups is 1. The fraction of sp³-hybridized carbons (Fsp3) is 0.533. The van der Waals surface area contributed by atoms with Crippen LogP contribution in [-0.4, -0.2) is 34.3 Å². The van der Waals surface area contributed by atoms with Crippen molar-refractivity contribution in [2.24, 2.45) is 11.8 Å². The summed E-state index contributed by atoms with van der Waals surface area (Å²) in [5.74, 6) is -0.0685. The fourth-order valence-electron chi connectivity index (χ4n) is 3.90. The summed E-state index contributed by atoms with van der Waals surface area (Å²) in [7, 11) is 0. The van der Waals surface area contributed by atoms with E-state index < -0.39 is 6.23 Å². The summed E-state index contributed by atoms with van der Waals surface area (Å²) >= 11 is 0. The van der Waals surface area contributed by atoms with E-state index in [2.05, 4.69) is 0 Å². The Balaban J connectivity index is 1.59. The number of nitrogens with zero attached hydrogens (tertiary/aromatic N) is 1. The monoisotopic (exact) mass is 259 g/mol. The second kappa shape index (κ2) is 4.05. The van der Waals surface area contributed by atoms with Crippen LogP contribution in [0.25, 0.3) is 0 Å². The molecule has 4 heteroatoms. The summed E-state index contributed by atoms with van der Waals surface area (Å²) in [6, 6.07) is 9.83. The predicted octanol–water partition coefficient (Wildman–Crippen LogP) is 1.14. The van der Waals surface area contributed by atoms with E-state index in [9.17, 15) is 9.90 Å². The van der Waals surface area contributed by atoms with Gasteiger partial charge in [0.05, 0.1) is 18.1 Å². The van der Waals surface area contributed by atoms with Crippen molar-refractivity contribution in [1.29, 1.82) is 0 Å². The SMILES string of the molecule is O=C1[C@@H]2[C@H](C(O)N1Cc1ccccc1)[C@H]1CC[C@@H]2O1. The molecule has 0 radical (unpaired) electrons. The molecule has 3 aliphatic heterocycles. The number of fused-ring (bicyclic) bond motifs is 5. The van der Waals surface area contributed by atoms with Crippen LogP contribution in [-0.2, 0) is 16.1 Å². The fourth-order valence-corrected chi connectivity index (χ4v) is 3.90. The van der Waals surface area contributed by atoms with Gasteiger partial charge in [-0.15, -0.1) is 0 Å². The van der Waals surface area contributed by atoms with Crippen LogP contribution in [0.4, 0.5) is 0 Å². The van der Waals surface area contributed by atoms with Gasteiger partial charge in [-0.2, -0.15) is 0 Å². The lowest BCUT2D eigenvalue weighted by atomic mass is 9.81. The molecule has 3 heterocycles.